The third-order valence-electron chi connectivity index (χ3n) is 2.96. The molecule has 0 saturated heterocycles. The number of fused-ring (bicyclic) bond motifs is 1. The lowest BCUT2D eigenvalue weighted by atomic mass is 10.2. The van der Waals surface area contributed by atoms with Gasteiger partial charge in [-0.05, 0) is 18.6 Å². The van der Waals surface area contributed by atoms with E-state index < -0.39 is 0 Å². The highest BCUT2D eigenvalue weighted by atomic mass is 16.5. The molecule has 2 amide bonds. The summed E-state index contributed by atoms with van der Waals surface area (Å²) in [5.74, 6) is 0.311. The molecule has 0 fully saturated rings. The van der Waals surface area contributed by atoms with Crippen molar-refractivity contribution in [1.82, 2.24) is 5.32 Å². The smallest absolute Gasteiger partial charge is 0.265 e. The Balaban J connectivity index is 2.03. The number of amides is 2. The minimum absolute atomic E-state index is 0.0146. The van der Waals surface area contributed by atoms with Crippen molar-refractivity contribution in [3.63, 3.8) is 0 Å². The van der Waals surface area contributed by atoms with E-state index in [1.54, 1.807) is 12.1 Å². The molecular weight excluding hydrogens is 244 g/mol. The number of anilines is 1. The number of nitrogens with one attached hydrogen (secondary N) is 1. The van der Waals surface area contributed by atoms with E-state index in [0.717, 1.165) is 12.8 Å². The van der Waals surface area contributed by atoms with Gasteiger partial charge in [0.25, 0.3) is 5.91 Å². The molecule has 0 saturated carbocycles. The number of hydrogen-bond acceptors (Lipinski definition) is 3. The third kappa shape index (κ3) is 3.24. The Hall–Kier alpha value is -2.04. The van der Waals surface area contributed by atoms with E-state index in [4.69, 9.17) is 4.74 Å². The van der Waals surface area contributed by atoms with Crippen LogP contribution in [-0.4, -0.2) is 31.5 Å². The number of nitrogens with zero attached hydrogens (tertiary/aromatic N) is 1. The van der Waals surface area contributed by atoms with Crippen LogP contribution in [0.5, 0.6) is 5.75 Å². The summed E-state index contributed by atoms with van der Waals surface area (Å²) in [7, 11) is 0. The molecule has 0 radical (unpaired) electrons. The van der Waals surface area contributed by atoms with Crippen LogP contribution in [0, 0.1) is 0 Å². The van der Waals surface area contributed by atoms with Crippen molar-refractivity contribution in [2.75, 3.05) is 24.6 Å². The predicted octanol–water partition coefficient (Wildman–Crippen LogP) is 1.33. The van der Waals surface area contributed by atoms with Crippen molar-refractivity contribution in [3.05, 3.63) is 24.3 Å². The Morgan fingerprint density at radius 1 is 1.42 bits per heavy atom. The van der Waals surface area contributed by atoms with Gasteiger partial charge in [-0.15, -0.1) is 0 Å². The summed E-state index contributed by atoms with van der Waals surface area (Å²) >= 11 is 0. The lowest BCUT2D eigenvalue weighted by molar-refractivity contribution is -0.125. The van der Waals surface area contributed by atoms with E-state index in [1.165, 1.54) is 4.90 Å². The van der Waals surface area contributed by atoms with E-state index in [-0.39, 0.29) is 25.0 Å². The van der Waals surface area contributed by atoms with E-state index >= 15 is 0 Å². The molecule has 1 heterocycles. The summed E-state index contributed by atoms with van der Waals surface area (Å²) < 4.78 is 5.32. The zero-order chi connectivity index (χ0) is 13.7. The summed E-state index contributed by atoms with van der Waals surface area (Å²) in [5.41, 5.74) is 0.657. The van der Waals surface area contributed by atoms with Crippen molar-refractivity contribution < 1.29 is 14.3 Å². The summed E-state index contributed by atoms with van der Waals surface area (Å²) in [6.45, 7) is 2.74. The summed E-state index contributed by atoms with van der Waals surface area (Å²) in [5, 5.41) is 2.81. The zero-order valence-electron chi connectivity index (χ0n) is 11.0. The normalized spacial score (nSPS) is 13.7. The highest BCUT2D eigenvalue weighted by Crippen LogP contribution is 2.30. The fourth-order valence-corrected chi connectivity index (χ4v) is 1.93. The fourth-order valence-electron chi connectivity index (χ4n) is 1.93. The maximum atomic E-state index is 11.8. The highest BCUT2D eigenvalue weighted by Gasteiger charge is 2.26. The Bertz CT molecular complexity index is 474. The SMILES string of the molecule is CCCCNC(=O)CN1C(=O)COc2ccccc21. The topological polar surface area (TPSA) is 58.6 Å². The first-order valence-corrected chi connectivity index (χ1v) is 6.51. The van der Waals surface area contributed by atoms with E-state index in [2.05, 4.69) is 12.2 Å². The minimum atomic E-state index is -0.190. The Kier molecular flexibility index (Phi) is 4.39. The van der Waals surface area contributed by atoms with Crippen molar-refractivity contribution in [1.29, 1.82) is 0 Å². The molecule has 102 valence electrons. The molecule has 1 aromatic rings. The van der Waals surface area contributed by atoms with Crippen molar-refractivity contribution in [2.24, 2.45) is 0 Å². The molecule has 5 heteroatoms. The minimum Gasteiger partial charge on any atom is -0.482 e. The fraction of sp³-hybridized carbons (Fsp3) is 0.429. The average molecular weight is 262 g/mol. The monoisotopic (exact) mass is 262 g/mol. The first-order valence-electron chi connectivity index (χ1n) is 6.51. The van der Waals surface area contributed by atoms with Crippen LogP contribution in [0.4, 0.5) is 5.69 Å². The van der Waals surface area contributed by atoms with Crippen LogP contribution >= 0.6 is 0 Å². The number of carbonyl (C=O) groups is 2. The van der Waals surface area contributed by atoms with Gasteiger partial charge < -0.3 is 10.1 Å². The number of rotatable bonds is 5. The van der Waals surface area contributed by atoms with E-state index in [9.17, 15) is 9.59 Å². The number of hydrogen-bond donors (Lipinski definition) is 1. The average Bonchev–Trinajstić information content (AvgIpc) is 2.42. The van der Waals surface area contributed by atoms with E-state index in [1.807, 2.05) is 12.1 Å². The van der Waals surface area contributed by atoms with Crippen LogP contribution in [0.25, 0.3) is 0 Å². The van der Waals surface area contributed by atoms with Gasteiger partial charge in [0.15, 0.2) is 6.61 Å². The maximum absolute atomic E-state index is 11.8. The highest BCUT2D eigenvalue weighted by molar-refractivity contribution is 6.02. The Labute approximate surface area is 112 Å². The lowest BCUT2D eigenvalue weighted by Crippen LogP contribution is -2.45. The van der Waals surface area contributed by atoms with Gasteiger partial charge in [0, 0.05) is 6.54 Å². The molecule has 1 aliphatic rings. The van der Waals surface area contributed by atoms with Gasteiger partial charge in [0.2, 0.25) is 5.91 Å². The van der Waals surface area contributed by atoms with Crippen molar-refractivity contribution >= 4 is 17.5 Å². The summed E-state index contributed by atoms with van der Waals surface area (Å²) in [6.07, 6.45) is 1.97. The first-order chi connectivity index (χ1) is 9.22. The molecule has 1 aliphatic heterocycles. The van der Waals surface area contributed by atoms with Crippen LogP contribution in [0.15, 0.2) is 24.3 Å². The Morgan fingerprint density at radius 2 is 2.21 bits per heavy atom. The molecule has 0 unspecified atom stereocenters. The molecule has 19 heavy (non-hydrogen) atoms. The molecule has 5 nitrogen and oxygen atoms in total. The van der Waals surface area contributed by atoms with Gasteiger partial charge in [0.1, 0.15) is 12.3 Å². The second kappa shape index (κ2) is 6.22. The van der Waals surface area contributed by atoms with Crippen LogP contribution in [0.2, 0.25) is 0 Å². The first kappa shape index (κ1) is 13.4. The lowest BCUT2D eigenvalue weighted by Gasteiger charge is -2.28. The summed E-state index contributed by atoms with van der Waals surface area (Å²) in [4.78, 5) is 25.1. The molecule has 2 rings (SSSR count). The van der Waals surface area contributed by atoms with Crippen LogP contribution < -0.4 is 15.0 Å². The quantitative estimate of drug-likeness (QED) is 0.814. The molecule has 0 aliphatic carbocycles. The zero-order valence-corrected chi connectivity index (χ0v) is 11.0. The number of unbranched alkanes of at least 4 members (excludes halogenated alkanes) is 1. The molecule has 0 atom stereocenters. The summed E-state index contributed by atoms with van der Waals surface area (Å²) in [6, 6.07) is 7.24. The van der Waals surface area contributed by atoms with Crippen molar-refractivity contribution in [3.8, 4) is 5.75 Å². The number of benzene rings is 1. The Morgan fingerprint density at radius 3 is 3.00 bits per heavy atom. The molecular formula is C14H18N2O3. The van der Waals surface area contributed by atoms with Gasteiger partial charge in [-0.3, -0.25) is 14.5 Å². The van der Waals surface area contributed by atoms with Gasteiger partial charge >= 0.3 is 0 Å². The molecule has 0 aromatic heterocycles. The second-order valence-electron chi connectivity index (χ2n) is 4.44. The standard InChI is InChI=1S/C14H18N2O3/c1-2-3-8-15-13(17)9-16-11-6-4-5-7-12(11)19-10-14(16)18/h4-7H,2-3,8-10H2,1H3,(H,15,17). The number of para-hydroxylation sites is 2. The second-order valence-corrected chi connectivity index (χ2v) is 4.44. The molecule has 1 N–H and O–H groups in total. The van der Waals surface area contributed by atoms with Gasteiger partial charge in [-0.25, -0.2) is 0 Å². The predicted molar refractivity (Wildman–Crippen MR) is 72.2 cm³/mol. The largest absolute Gasteiger partial charge is 0.482 e. The van der Waals surface area contributed by atoms with E-state index in [0.29, 0.717) is 18.0 Å². The maximum Gasteiger partial charge on any atom is 0.265 e. The number of carbonyl (C=O) groups excluding carboxylic acids is 2. The number of ether oxygens (including phenoxy) is 1. The third-order valence-corrected chi connectivity index (χ3v) is 2.96. The molecule has 0 bridgehead atoms. The van der Waals surface area contributed by atoms with Crippen LogP contribution in [0.3, 0.4) is 0 Å². The molecule has 0 spiro atoms. The van der Waals surface area contributed by atoms with Gasteiger partial charge in [-0.1, -0.05) is 25.5 Å². The van der Waals surface area contributed by atoms with Crippen molar-refractivity contribution in [2.45, 2.75) is 19.8 Å². The molecule has 1 aromatic carbocycles. The van der Waals surface area contributed by atoms with Crippen LogP contribution in [0.1, 0.15) is 19.8 Å². The van der Waals surface area contributed by atoms with Gasteiger partial charge in [0.05, 0.1) is 5.69 Å². The van der Waals surface area contributed by atoms with Crippen LogP contribution in [-0.2, 0) is 9.59 Å². The van der Waals surface area contributed by atoms with Gasteiger partial charge in [-0.2, -0.15) is 0 Å².